The molecule has 0 aliphatic carbocycles. The van der Waals surface area contributed by atoms with Gasteiger partial charge in [0.2, 0.25) is 0 Å². The van der Waals surface area contributed by atoms with E-state index >= 15 is 0 Å². The minimum absolute atomic E-state index is 0.00388. The molecule has 6 nitrogen and oxygen atoms in total. The van der Waals surface area contributed by atoms with Crippen molar-refractivity contribution in [1.82, 2.24) is 5.32 Å². The summed E-state index contributed by atoms with van der Waals surface area (Å²) in [5.74, 6) is 1.88. The number of rotatable bonds is 5. The Kier molecular flexibility index (Phi) is 5.08. The fourth-order valence-corrected chi connectivity index (χ4v) is 3.16. The lowest BCUT2D eigenvalue weighted by Crippen LogP contribution is -2.26. The van der Waals surface area contributed by atoms with Crippen molar-refractivity contribution in [3.63, 3.8) is 0 Å². The highest BCUT2D eigenvalue weighted by molar-refractivity contribution is 5.94. The van der Waals surface area contributed by atoms with Gasteiger partial charge in [-0.05, 0) is 43.7 Å². The van der Waals surface area contributed by atoms with Crippen LogP contribution in [0.3, 0.4) is 0 Å². The number of hydrogen-bond acceptors (Lipinski definition) is 5. The van der Waals surface area contributed by atoms with Gasteiger partial charge in [-0.3, -0.25) is 9.59 Å². The molecule has 0 radical (unpaired) electrons. The summed E-state index contributed by atoms with van der Waals surface area (Å²) in [6.07, 6.45) is 0. The van der Waals surface area contributed by atoms with Crippen molar-refractivity contribution >= 4 is 11.7 Å². The van der Waals surface area contributed by atoms with Crippen molar-refractivity contribution < 1.29 is 23.5 Å². The molecule has 3 aromatic rings. The van der Waals surface area contributed by atoms with E-state index in [0.717, 1.165) is 11.1 Å². The van der Waals surface area contributed by atoms with Crippen LogP contribution in [0.25, 0.3) is 11.3 Å². The summed E-state index contributed by atoms with van der Waals surface area (Å²) in [6, 6.07) is 15.9. The minimum atomic E-state index is -0.306. The van der Waals surface area contributed by atoms with Crippen LogP contribution in [0.1, 0.15) is 46.4 Å². The van der Waals surface area contributed by atoms with Gasteiger partial charge in [-0.25, -0.2) is 0 Å². The second kappa shape index (κ2) is 7.83. The third-order valence-corrected chi connectivity index (χ3v) is 4.82. The largest absolute Gasteiger partial charge is 0.486 e. The summed E-state index contributed by atoms with van der Waals surface area (Å²) in [6.45, 7) is 4.47. The van der Waals surface area contributed by atoms with Crippen molar-refractivity contribution in [3.8, 4) is 22.8 Å². The second-order valence-electron chi connectivity index (χ2n) is 6.90. The molecule has 0 bridgehead atoms. The van der Waals surface area contributed by atoms with E-state index in [1.807, 2.05) is 25.1 Å². The van der Waals surface area contributed by atoms with Crippen molar-refractivity contribution in [2.24, 2.45) is 0 Å². The van der Waals surface area contributed by atoms with E-state index in [9.17, 15) is 9.59 Å². The number of nitrogens with one attached hydrogen (secondary N) is 1. The van der Waals surface area contributed by atoms with Gasteiger partial charge in [-0.2, -0.15) is 0 Å². The summed E-state index contributed by atoms with van der Waals surface area (Å²) in [7, 11) is 0. The lowest BCUT2D eigenvalue weighted by Gasteiger charge is -2.21. The zero-order chi connectivity index (χ0) is 20.4. The number of furan rings is 1. The number of carbonyl (C=O) groups is 2. The maximum Gasteiger partial charge on any atom is 0.287 e. The van der Waals surface area contributed by atoms with Gasteiger partial charge in [0.25, 0.3) is 5.91 Å². The summed E-state index contributed by atoms with van der Waals surface area (Å²) < 4.78 is 16.8. The molecule has 0 unspecified atom stereocenters. The minimum Gasteiger partial charge on any atom is -0.486 e. The van der Waals surface area contributed by atoms with Gasteiger partial charge in [0.1, 0.15) is 19.0 Å². The molecule has 29 heavy (non-hydrogen) atoms. The van der Waals surface area contributed by atoms with Crippen LogP contribution in [-0.2, 0) is 0 Å². The quantitative estimate of drug-likeness (QED) is 0.652. The van der Waals surface area contributed by atoms with Crippen LogP contribution < -0.4 is 14.8 Å². The van der Waals surface area contributed by atoms with Gasteiger partial charge in [0.15, 0.2) is 23.0 Å². The SMILES string of the molecule is CC(=O)c1ccc(-c2ccc(C(=O)N[C@@H](C)c3ccc4c(c3)OCCO4)o2)cc1. The first-order valence-corrected chi connectivity index (χ1v) is 9.43. The van der Waals surface area contributed by atoms with Crippen LogP contribution in [-0.4, -0.2) is 24.9 Å². The molecule has 1 N–H and O–H groups in total. The van der Waals surface area contributed by atoms with E-state index < -0.39 is 0 Å². The van der Waals surface area contributed by atoms with E-state index in [1.165, 1.54) is 6.92 Å². The summed E-state index contributed by atoms with van der Waals surface area (Å²) in [5.41, 5.74) is 2.34. The summed E-state index contributed by atoms with van der Waals surface area (Å²) in [4.78, 5) is 24.0. The molecular formula is C23H21NO5. The molecule has 1 aromatic heterocycles. The molecule has 0 saturated carbocycles. The fourth-order valence-electron chi connectivity index (χ4n) is 3.16. The van der Waals surface area contributed by atoms with Gasteiger partial charge < -0.3 is 19.2 Å². The molecule has 1 amide bonds. The van der Waals surface area contributed by atoms with Crippen LogP contribution in [0, 0.1) is 0 Å². The lowest BCUT2D eigenvalue weighted by atomic mass is 10.1. The zero-order valence-corrected chi connectivity index (χ0v) is 16.2. The van der Waals surface area contributed by atoms with Gasteiger partial charge in [-0.1, -0.05) is 30.3 Å². The maximum absolute atomic E-state index is 12.6. The smallest absolute Gasteiger partial charge is 0.287 e. The van der Waals surface area contributed by atoms with Crippen molar-refractivity contribution in [3.05, 3.63) is 71.5 Å². The monoisotopic (exact) mass is 391 g/mol. The Morgan fingerprint density at radius 1 is 0.931 bits per heavy atom. The van der Waals surface area contributed by atoms with Gasteiger partial charge in [0.05, 0.1) is 6.04 Å². The van der Waals surface area contributed by atoms with Crippen LogP contribution in [0.5, 0.6) is 11.5 Å². The Hall–Kier alpha value is -3.54. The van der Waals surface area contributed by atoms with Crippen molar-refractivity contribution in [1.29, 1.82) is 0 Å². The van der Waals surface area contributed by atoms with Crippen LogP contribution >= 0.6 is 0 Å². The van der Waals surface area contributed by atoms with Crippen molar-refractivity contribution in [2.45, 2.75) is 19.9 Å². The Bertz CT molecular complexity index is 1050. The third kappa shape index (κ3) is 4.01. The van der Waals surface area contributed by atoms with Crippen molar-refractivity contribution in [2.75, 3.05) is 13.2 Å². The number of fused-ring (bicyclic) bond motifs is 1. The normalized spacial score (nSPS) is 13.6. The predicted octanol–water partition coefficient (Wildman–Crippen LogP) is 4.41. The van der Waals surface area contributed by atoms with E-state index in [4.69, 9.17) is 13.9 Å². The highest BCUT2D eigenvalue weighted by atomic mass is 16.6. The van der Waals surface area contributed by atoms with E-state index in [2.05, 4.69) is 5.32 Å². The van der Waals surface area contributed by atoms with E-state index in [0.29, 0.717) is 36.0 Å². The fraction of sp³-hybridized carbons (Fsp3) is 0.217. The Labute approximate surface area is 168 Å². The highest BCUT2D eigenvalue weighted by Gasteiger charge is 2.18. The summed E-state index contributed by atoms with van der Waals surface area (Å²) in [5, 5.41) is 2.93. The third-order valence-electron chi connectivity index (χ3n) is 4.82. The molecular weight excluding hydrogens is 370 g/mol. The molecule has 1 aliphatic heterocycles. The Morgan fingerprint density at radius 3 is 2.38 bits per heavy atom. The van der Waals surface area contributed by atoms with Gasteiger partial charge in [0, 0.05) is 11.1 Å². The van der Waals surface area contributed by atoms with Gasteiger partial charge in [-0.15, -0.1) is 0 Å². The maximum atomic E-state index is 12.6. The molecule has 148 valence electrons. The molecule has 6 heteroatoms. The average molecular weight is 391 g/mol. The van der Waals surface area contributed by atoms with Crippen LogP contribution in [0.15, 0.2) is 59.0 Å². The van der Waals surface area contributed by atoms with Crippen LogP contribution in [0.2, 0.25) is 0 Å². The number of ether oxygens (including phenoxy) is 2. The lowest BCUT2D eigenvalue weighted by molar-refractivity contribution is 0.0912. The first kappa shape index (κ1) is 18.8. The number of hydrogen-bond donors (Lipinski definition) is 1. The molecule has 4 rings (SSSR count). The number of ketones is 1. The summed E-state index contributed by atoms with van der Waals surface area (Å²) >= 11 is 0. The molecule has 2 aromatic carbocycles. The van der Waals surface area contributed by atoms with E-state index in [-0.39, 0.29) is 23.5 Å². The number of benzene rings is 2. The molecule has 2 heterocycles. The number of Topliss-reactive ketones (excluding diaryl/α,β-unsaturated/α-hetero) is 1. The Balaban J connectivity index is 1.45. The first-order chi connectivity index (χ1) is 14.0. The molecule has 1 aliphatic rings. The molecule has 1 atom stereocenters. The molecule has 0 spiro atoms. The molecule has 0 saturated heterocycles. The molecule has 0 fully saturated rings. The predicted molar refractivity (Wildman–Crippen MR) is 107 cm³/mol. The number of amides is 1. The van der Waals surface area contributed by atoms with Gasteiger partial charge >= 0.3 is 0 Å². The zero-order valence-electron chi connectivity index (χ0n) is 16.2. The number of carbonyl (C=O) groups excluding carboxylic acids is 2. The first-order valence-electron chi connectivity index (χ1n) is 9.43. The van der Waals surface area contributed by atoms with Crippen LogP contribution in [0.4, 0.5) is 0 Å². The average Bonchev–Trinajstić information content (AvgIpc) is 3.24. The second-order valence-corrected chi connectivity index (χ2v) is 6.90. The highest BCUT2D eigenvalue weighted by Crippen LogP contribution is 2.32. The topological polar surface area (TPSA) is 77.8 Å². The standard InChI is InChI=1S/C23H21NO5/c1-14(18-7-8-20-22(13-18)28-12-11-27-20)24-23(26)21-10-9-19(29-21)17-5-3-16(4-6-17)15(2)25/h3-10,13-14H,11-12H2,1-2H3,(H,24,26)/t14-/m0/s1. The van der Waals surface area contributed by atoms with E-state index in [1.54, 1.807) is 36.4 Å². The Morgan fingerprint density at radius 2 is 1.66 bits per heavy atom.